The highest BCUT2D eigenvalue weighted by Crippen LogP contribution is 2.37. The molecule has 0 spiro atoms. The monoisotopic (exact) mass is 613 g/mol. The summed E-state index contributed by atoms with van der Waals surface area (Å²) >= 11 is 15.3. The van der Waals surface area contributed by atoms with E-state index < -0.39 is 22.5 Å². The van der Waals surface area contributed by atoms with Crippen molar-refractivity contribution in [2.24, 2.45) is 5.10 Å². The molecule has 8 nitrogen and oxygen atoms in total. The minimum atomic E-state index is -3.72. The molecule has 0 bridgehead atoms. The van der Waals surface area contributed by atoms with Gasteiger partial charge >= 0.3 is 0 Å². The lowest BCUT2D eigenvalue weighted by Gasteiger charge is -2.21. The fourth-order valence-corrected chi connectivity index (χ4v) is 4.73. The Hall–Kier alpha value is -2.79. The SMILES string of the molecule is COc1cc(/C=N\NC(=O)CN(c2ccc(Cl)cc2)S(C)(=O)=O)cc(Br)c1OCc1ccc(Cl)cc1. The predicted octanol–water partition coefficient (Wildman–Crippen LogP) is 5.26. The fourth-order valence-electron chi connectivity index (χ4n) is 3.04. The van der Waals surface area contributed by atoms with Crippen LogP contribution in [0.5, 0.6) is 11.5 Å². The summed E-state index contributed by atoms with van der Waals surface area (Å²) in [6, 6.07) is 16.8. The molecule has 3 rings (SSSR count). The van der Waals surface area contributed by atoms with Crippen LogP contribution in [0, 0.1) is 0 Å². The quantitative estimate of drug-likeness (QED) is 0.248. The van der Waals surface area contributed by atoms with Gasteiger partial charge in [0.25, 0.3) is 5.91 Å². The van der Waals surface area contributed by atoms with Crippen LogP contribution in [-0.2, 0) is 21.4 Å². The van der Waals surface area contributed by atoms with Crippen molar-refractivity contribution in [3.63, 3.8) is 0 Å². The first-order chi connectivity index (χ1) is 17.1. The Morgan fingerprint density at radius 3 is 2.28 bits per heavy atom. The van der Waals surface area contributed by atoms with Crippen LogP contribution in [0.25, 0.3) is 0 Å². The van der Waals surface area contributed by atoms with Gasteiger partial charge in [0, 0.05) is 10.0 Å². The highest BCUT2D eigenvalue weighted by Gasteiger charge is 2.20. The molecule has 0 radical (unpaired) electrons. The highest BCUT2D eigenvalue weighted by atomic mass is 79.9. The second kappa shape index (κ2) is 12.4. The summed E-state index contributed by atoms with van der Waals surface area (Å²) in [7, 11) is -2.21. The third-order valence-electron chi connectivity index (χ3n) is 4.75. The first-order valence-corrected chi connectivity index (χ1v) is 13.8. The Morgan fingerprint density at radius 1 is 1.08 bits per heavy atom. The van der Waals surface area contributed by atoms with Crippen molar-refractivity contribution >= 4 is 67.0 Å². The molecular formula is C24H22BrCl2N3O5S. The number of amides is 1. The summed E-state index contributed by atoms with van der Waals surface area (Å²) in [6.07, 6.45) is 2.42. The number of hydrogen-bond donors (Lipinski definition) is 1. The van der Waals surface area contributed by atoms with Crippen LogP contribution >= 0.6 is 39.1 Å². The maximum Gasteiger partial charge on any atom is 0.260 e. The number of sulfonamides is 1. The first-order valence-electron chi connectivity index (χ1n) is 10.4. The molecular weight excluding hydrogens is 593 g/mol. The van der Waals surface area contributed by atoms with E-state index in [4.69, 9.17) is 32.7 Å². The average Bonchev–Trinajstić information content (AvgIpc) is 2.82. The zero-order chi connectivity index (χ0) is 26.3. The van der Waals surface area contributed by atoms with Crippen molar-refractivity contribution < 1.29 is 22.7 Å². The lowest BCUT2D eigenvalue weighted by molar-refractivity contribution is -0.119. The van der Waals surface area contributed by atoms with Crippen LogP contribution in [-0.4, -0.2) is 40.4 Å². The van der Waals surface area contributed by atoms with Crippen molar-refractivity contribution in [2.75, 3.05) is 24.2 Å². The number of carbonyl (C=O) groups is 1. The van der Waals surface area contributed by atoms with E-state index >= 15 is 0 Å². The standard InChI is InChI=1S/C24H22BrCl2N3O5S/c1-34-22-12-17(11-21(25)24(22)35-15-16-3-5-18(26)6-4-16)13-28-29-23(31)14-30(36(2,32)33)20-9-7-19(27)8-10-20/h3-13H,14-15H2,1-2H3,(H,29,31)/b28-13-. The molecule has 0 aliphatic rings. The number of ether oxygens (including phenoxy) is 2. The molecule has 3 aromatic rings. The Morgan fingerprint density at radius 2 is 1.69 bits per heavy atom. The number of rotatable bonds is 10. The Balaban J connectivity index is 1.67. The van der Waals surface area contributed by atoms with Crippen LogP contribution in [0.15, 0.2) is 70.2 Å². The summed E-state index contributed by atoms with van der Waals surface area (Å²) < 4.78 is 37.3. The lowest BCUT2D eigenvalue weighted by Crippen LogP contribution is -2.38. The van der Waals surface area contributed by atoms with Gasteiger partial charge in [0.1, 0.15) is 13.2 Å². The molecule has 190 valence electrons. The molecule has 0 aliphatic heterocycles. The van der Waals surface area contributed by atoms with E-state index in [0.717, 1.165) is 16.1 Å². The minimum Gasteiger partial charge on any atom is -0.493 e. The Labute approximate surface area is 228 Å². The minimum absolute atomic E-state index is 0.306. The summed E-state index contributed by atoms with van der Waals surface area (Å²) in [5, 5.41) is 5.02. The van der Waals surface area contributed by atoms with Gasteiger partial charge < -0.3 is 9.47 Å². The molecule has 0 saturated heterocycles. The summed E-state index contributed by atoms with van der Waals surface area (Å²) in [5.41, 5.74) is 4.19. The molecule has 0 heterocycles. The molecule has 0 aromatic heterocycles. The summed E-state index contributed by atoms with van der Waals surface area (Å²) in [6.45, 7) is -0.150. The van der Waals surface area contributed by atoms with Gasteiger partial charge in [0.05, 0.1) is 29.7 Å². The van der Waals surface area contributed by atoms with Crippen molar-refractivity contribution in [1.29, 1.82) is 0 Å². The van der Waals surface area contributed by atoms with Crippen LogP contribution in [0.2, 0.25) is 10.0 Å². The molecule has 0 fully saturated rings. The van der Waals surface area contributed by atoms with Crippen molar-refractivity contribution in [1.82, 2.24) is 5.43 Å². The second-order valence-corrected chi connectivity index (χ2v) is 11.1. The number of carbonyl (C=O) groups excluding carboxylic acids is 1. The van der Waals surface area contributed by atoms with Crippen LogP contribution in [0.4, 0.5) is 5.69 Å². The molecule has 12 heteroatoms. The van der Waals surface area contributed by atoms with Gasteiger partial charge in [0.15, 0.2) is 11.5 Å². The van der Waals surface area contributed by atoms with Crippen molar-refractivity contribution in [3.05, 3.63) is 86.3 Å². The van der Waals surface area contributed by atoms with Gasteiger partial charge in [-0.3, -0.25) is 9.10 Å². The molecule has 0 atom stereocenters. The summed E-state index contributed by atoms with van der Waals surface area (Å²) in [5.74, 6) is 0.332. The zero-order valence-electron chi connectivity index (χ0n) is 19.2. The second-order valence-electron chi connectivity index (χ2n) is 7.49. The van der Waals surface area contributed by atoms with E-state index in [1.807, 2.05) is 12.1 Å². The molecule has 36 heavy (non-hydrogen) atoms. The average molecular weight is 615 g/mol. The first kappa shape index (κ1) is 27.8. The topological polar surface area (TPSA) is 97.3 Å². The van der Waals surface area contributed by atoms with E-state index in [-0.39, 0.29) is 0 Å². The van der Waals surface area contributed by atoms with Gasteiger partial charge in [-0.25, -0.2) is 13.8 Å². The van der Waals surface area contributed by atoms with E-state index in [0.29, 0.717) is 43.9 Å². The normalized spacial score (nSPS) is 11.4. The van der Waals surface area contributed by atoms with E-state index in [1.54, 1.807) is 36.4 Å². The van der Waals surface area contributed by atoms with Crippen molar-refractivity contribution in [3.8, 4) is 11.5 Å². The maximum atomic E-state index is 12.4. The van der Waals surface area contributed by atoms with Gasteiger partial charge in [0.2, 0.25) is 10.0 Å². The fraction of sp³-hybridized carbons (Fsp3) is 0.167. The highest BCUT2D eigenvalue weighted by molar-refractivity contribution is 9.10. The number of hydrazone groups is 1. The number of methoxy groups -OCH3 is 1. The Kier molecular flexibility index (Phi) is 9.61. The molecule has 0 saturated carbocycles. The summed E-state index contributed by atoms with van der Waals surface area (Å²) in [4.78, 5) is 12.4. The zero-order valence-corrected chi connectivity index (χ0v) is 23.2. The third kappa shape index (κ3) is 7.86. The molecule has 0 unspecified atom stereocenters. The van der Waals surface area contributed by atoms with Crippen LogP contribution in [0.1, 0.15) is 11.1 Å². The maximum absolute atomic E-state index is 12.4. The molecule has 1 N–H and O–H groups in total. The number of nitrogens with one attached hydrogen (secondary N) is 1. The van der Waals surface area contributed by atoms with E-state index in [1.165, 1.54) is 25.5 Å². The van der Waals surface area contributed by atoms with Crippen molar-refractivity contribution in [2.45, 2.75) is 6.61 Å². The van der Waals surface area contributed by atoms with E-state index in [2.05, 4.69) is 26.5 Å². The van der Waals surface area contributed by atoms with Crippen LogP contribution in [0.3, 0.4) is 0 Å². The largest absolute Gasteiger partial charge is 0.493 e. The number of anilines is 1. The number of nitrogens with zero attached hydrogens (tertiary/aromatic N) is 2. The Bertz CT molecular complexity index is 1350. The van der Waals surface area contributed by atoms with Gasteiger partial charge in [-0.15, -0.1) is 0 Å². The third-order valence-corrected chi connectivity index (χ3v) is 6.99. The van der Waals surface area contributed by atoms with Gasteiger partial charge in [-0.05, 0) is 75.6 Å². The number of benzene rings is 3. The lowest BCUT2D eigenvalue weighted by atomic mass is 10.2. The van der Waals surface area contributed by atoms with Gasteiger partial charge in [-0.1, -0.05) is 35.3 Å². The predicted molar refractivity (Wildman–Crippen MR) is 146 cm³/mol. The molecule has 3 aromatic carbocycles. The molecule has 0 aliphatic carbocycles. The van der Waals surface area contributed by atoms with Crippen LogP contribution < -0.4 is 19.2 Å². The smallest absolute Gasteiger partial charge is 0.260 e. The molecule has 1 amide bonds. The van der Waals surface area contributed by atoms with Gasteiger partial charge in [-0.2, -0.15) is 5.10 Å². The van der Waals surface area contributed by atoms with E-state index in [9.17, 15) is 13.2 Å². The number of hydrogen-bond acceptors (Lipinski definition) is 6. The number of halogens is 3.